The van der Waals surface area contributed by atoms with E-state index in [-0.39, 0.29) is 17.9 Å². The predicted octanol–water partition coefficient (Wildman–Crippen LogP) is 2.49. The summed E-state index contributed by atoms with van der Waals surface area (Å²) in [7, 11) is 0. The van der Waals surface area contributed by atoms with E-state index in [0.717, 1.165) is 16.5 Å². The van der Waals surface area contributed by atoms with E-state index in [2.05, 4.69) is 25.7 Å². The highest BCUT2D eigenvalue weighted by Crippen LogP contribution is 2.20. The van der Waals surface area contributed by atoms with Gasteiger partial charge in [-0.2, -0.15) is 15.4 Å². The van der Waals surface area contributed by atoms with E-state index >= 15 is 0 Å². The molecule has 0 spiro atoms. The van der Waals surface area contributed by atoms with E-state index in [0.29, 0.717) is 16.9 Å². The molecule has 4 rings (SSSR count). The standard InChI is InChI=1S/C19H15N5O2/c25-18(10-14-8-12-4-1-2-7-16(12)22-19(14)26)21-15-6-3-5-13(9-15)17-11-20-24-23-17/h1-9,11H,10H2,(H,21,25)(H,22,26)(H,20,23,24). The van der Waals surface area contributed by atoms with Gasteiger partial charge in [0.2, 0.25) is 5.91 Å². The van der Waals surface area contributed by atoms with Crippen LogP contribution in [0.4, 0.5) is 5.69 Å². The molecule has 0 aliphatic rings. The lowest BCUT2D eigenvalue weighted by atomic mass is 10.1. The Hall–Kier alpha value is -3.74. The fourth-order valence-electron chi connectivity index (χ4n) is 2.80. The van der Waals surface area contributed by atoms with Crippen molar-refractivity contribution in [3.8, 4) is 11.3 Å². The van der Waals surface area contributed by atoms with Gasteiger partial charge in [0.25, 0.3) is 5.56 Å². The lowest BCUT2D eigenvalue weighted by Crippen LogP contribution is -2.21. The minimum Gasteiger partial charge on any atom is -0.326 e. The van der Waals surface area contributed by atoms with Gasteiger partial charge in [-0.25, -0.2) is 0 Å². The smallest absolute Gasteiger partial charge is 0.252 e. The molecule has 2 aromatic heterocycles. The number of nitrogens with one attached hydrogen (secondary N) is 3. The highest BCUT2D eigenvalue weighted by Gasteiger charge is 2.10. The topological polar surface area (TPSA) is 104 Å². The van der Waals surface area contributed by atoms with Gasteiger partial charge in [-0.3, -0.25) is 9.59 Å². The number of benzene rings is 2. The summed E-state index contributed by atoms with van der Waals surface area (Å²) in [5.41, 5.74) is 3.07. The van der Waals surface area contributed by atoms with Gasteiger partial charge in [-0.05, 0) is 29.7 Å². The van der Waals surface area contributed by atoms with Gasteiger partial charge in [0.05, 0.1) is 12.6 Å². The lowest BCUT2D eigenvalue weighted by molar-refractivity contribution is -0.115. The molecule has 2 aromatic carbocycles. The number of rotatable bonds is 4. The molecule has 7 heteroatoms. The maximum absolute atomic E-state index is 12.4. The maximum atomic E-state index is 12.4. The molecule has 0 unspecified atom stereocenters. The molecule has 4 aromatic rings. The molecular formula is C19H15N5O2. The number of pyridine rings is 1. The zero-order chi connectivity index (χ0) is 17.9. The Morgan fingerprint density at radius 1 is 1.08 bits per heavy atom. The number of aromatic nitrogens is 4. The first-order valence-corrected chi connectivity index (χ1v) is 8.06. The number of carbonyl (C=O) groups excluding carboxylic acids is 1. The SMILES string of the molecule is O=C(Cc1cc2ccccc2[nH]c1=O)Nc1cccc(-c2cn[nH]n2)c1. The molecule has 2 heterocycles. The molecule has 0 aliphatic carbocycles. The van der Waals surface area contributed by atoms with Crippen LogP contribution in [-0.4, -0.2) is 26.3 Å². The summed E-state index contributed by atoms with van der Waals surface area (Å²) in [6.07, 6.45) is 1.60. The first kappa shape index (κ1) is 15.8. The second-order valence-electron chi connectivity index (χ2n) is 5.87. The van der Waals surface area contributed by atoms with E-state index in [9.17, 15) is 9.59 Å². The van der Waals surface area contributed by atoms with Crippen molar-refractivity contribution >= 4 is 22.5 Å². The van der Waals surface area contributed by atoms with Crippen LogP contribution in [0.15, 0.2) is 65.6 Å². The summed E-state index contributed by atoms with van der Waals surface area (Å²) in [5, 5.41) is 14.1. The third-order valence-corrected chi connectivity index (χ3v) is 4.04. The minimum absolute atomic E-state index is 0.00560. The van der Waals surface area contributed by atoms with Gasteiger partial charge < -0.3 is 10.3 Å². The van der Waals surface area contributed by atoms with Crippen LogP contribution in [0.5, 0.6) is 0 Å². The van der Waals surface area contributed by atoms with Gasteiger partial charge in [0, 0.05) is 22.3 Å². The molecule has 0 fully saturated rings. The van der Waals surface area contributed by atoms with Gasteiger partial charge in [0.1, 0.15) is 5.69 Å². The Balaban J connectivity index is 1.54. The summed E-state index contributed by atoms with van der Waals surface area (Å²) in [4.78, 5) is 27.3. The Morgan fingerprint density at radius 3 is 2.81 bits per heavy atom. The number of aromatic amines is 2. The zero-order valence-electron chi connectivity index (χ0n) is 13.7. The first-order chi connectivity index (χ1) is 12.7. The number of para-hydroxylation sites is 1. The molecule has 0 saturated carbocycles. The Kier molecular flexibility index (Phi) is 4.03. The quantitative estimate of drug-likeness (QED) is 0.528. The monoisotopic (exact) mass is 345 g/mol. The Morgan fingerprint density at radius 2 is 1.96 bits per heavy atom. The molecule has 3 N–H and O–H groups in total. The van der Waals surface area contributed by atoms with Crippen molar-refractivity contribution in [2.75, 3.05) is 5.32 Å². The highest BCUT2D eigenvalue weighted by atomic mass is 16.2. The van der Waals surface area contributed by atoms with E-state index in [1.807, 2.05) is 36.4 Å². The number of nitrogens with zero attached hydrogens (tertiary/aromatic N) is 2. The fourth-order valence-corrected chi connectivity index (χ4v) is 2.80. The van der Waals surface area contributed by atoms with Crippen LogP contribution in [0, 0.1) is 0 Å². The molecule has 0 aliphatic heterocycles. The van der Waals surface area contributed by atoms with Gasteiger partial charge >= 0.3 is 0 Å². The highest BCUT2D eigenvalue weighted by molar-refractivity contribution is 5.93. The zero-order valence-corrected chi connectivity index (χ0v) is 13.7. The summed E-state index contributed by atoms with van der Waals surface area (Å²) in [5.74, 6) is -0.261. The maximum Gasteiger partial charge on any atom is 0.252 e. The molecule has 128 valence electrons. The Bertz CT molecular complexity index is 1130. The van der Waals surface area contributed by atoms with Crippen LogP contribution in [0.1, 0.15) is 5.56 Å². The third kappa shape index (κ3) is 3.23. The number of carbonyl (C=O) groups is 1. The van der Waals surface area contributed by atoms with E-state index in [4.69, 9.17) is 0 Å². The number of hydrogen-bond donors (Lipinski definition) is 3. The number of fused-ring (bicyclic) bond motifs is 1. The van der Waals surface area contributed by atoms with E-state index in [1.165, 1.54) is 0 Å². The summed E-state index contributed by atoms with van der Waals surface area (Å²) in [6, 6.07) is 16.5. The normalized spacial score (nSPS) is 10.8. The van der Waals surface area contributed by atoms with Crippen molar-refractivity contribution in [1.29, 1.82) is 0 Å². The van der Waals surface area contributed by atoms with Gasteiger partial charge in [-0.15, -0.1) is 0 Å². The average molecular weight is 345 g/mol. The predicted molar refractivity (Wildman–Crippen MR) is 98.7 cm³/mol. The molecule has 1 amide bonds. The summed E-state index contributed by atoms with van der Waals surface area (Å²) >= 11 is 0. The number of anilines is 1. The second kappa shape index (κ2) is 6.64. The van der Waals surface area contributed by atoms with Crippen molar-refractivity contribution < 1.29 is 4.79 Å². The average Bonchev–Trinajstić information content (AvgIpc) is 3.17. The second-order valence-corrected chi connectivity index (χ2v) is 5.87. The van der Waals surface area contributed by atoms with Crippen molar-refractivity contribution in [2.24, 2.45) is 0 Å². The van der Waals surface area contributed by atoms with Gasteiger partial charge in [-0.1, -0.05) is 30.3 Å². The molecule has 0 atom stereocenters. The largest absolute Gasteiger partial charge is 0.326 e. The molecule has 0 saturated heterocycles. The molecule has 0 radical (unpaired) electrons. The molecule has 7 nitrogen and oxygen atoms in total. The van der Waals surface area contributed by atoms with Crippen molar-refractivity contribution in [3.63, 3.8) is 0 Å². The summed E-state index contributed by atoms with van der Waals surface area (Å²) < 4.78 is 0. The van der Waals surface area contributed by atoms with Crippen LogP contribution in [0.2, 0.25) is 0 Å². The number of H-pyrrole nitrogens is 2. The summed E-state index contributed by atoms with van der Waals surface area (Å²) in [6.45, 7) is 0. The van der Waals surface area contributed by atoms with Crippen LogP contribution in [0.3, 0.4) is 0 Å². The number of hydrogen-bond acceptors (Lipinski definition) is 4. The van der Waals surface area contributed by atoms with Crippen molar-refractivity contribution in [2.45, 2.75) is 6.42 Å². The van der Waals surface area contributed by atoms with E-state index in [1.54, 1.807) is 24.4 Å². The fraction of sp³-hybridized carbons (Fsp3) is 0.0526. The van der Waals surface area contributed by atoms with Crippen LogP contribution in [0.25, 0.3) is 22.2 Å². The first-order valence-electron chi connectivity index (χ1n) is 8.06. The van der Waals surface area contributed by atoms with Crippen molar-refractivity contribution in [1.82, 2.24) is 20.4 Å². The molecular weight excluding hydrogens is 330 g/mol. The molecule has 26 heavy (non-hydrogen) atoms. The van der Waals surface area contributed by atoms with Crippen LogP contribution < -0.4 is 10.9 Å². The molecule has 0 bridgehead atoms. The van der Waals surface area contributed by atoms with Crippen LogP contribution >= 0.6 is 0 Å². The third-order valence-electron chi connectivity index (χ3n) is 4.04. The van der Waals surface area contributed by atoms with Gasteiger partial charge in [0.15, 0.2) is 0 Å². The minimum atomic E-state index is -0.261. The van der Waals surface area contributed by atoms with Crippen molar-refractivity contribution in [3.05, 3.63) is 76.7 Å². The lowest BCUT2D eigenvalue weighted by Gasteiger charge is -2.07. The number of amides is 1. The Labute approximate surface area is 148 Å². The van der Waals surface area contributed by atoms with Crippen LogP contribution in [-0.2, 0) is 11.2 Å². The van der Waals surface area contributed by atoms with E-state index < -0.39 is 0 Å².